The summed E-state index contributed by atoms with van der Waals surface area (Å²) < 4.78 is 71.9. The average Bonchev–Trinajstić information content (AvgIpc) is 2.78. The average molecular weight is 450 g/mol. The molecule has 3 aromatic rings. The third-order valence-electron chi connectivity index (χ3n) is 4.30. The van der Waals surface area contributed by atoms with Crippen LogP contribution in [0, 0.1) is 5.82 Å². The Kier molecular flexibility index (Phi) is 5.81. The molecule has 0 aliphatic rings. The number of carbonyl (C=O) groups excluding carboxylic acids is 1. The summed E-state index contributed by atoms with van der Waals surface area (Å²) in [6.45, 7) is -3.49. The van der Waals surface area contributed by atoms with E-state index in [0.717, 1.165) is 7.11 Å². The zero-order valence-electron chi connectivity index (χ0n) is 18.7. The predicted octanol–water partition coefficient (Wildman–Crippen LogP) is 2.75. The number of carbonyl (C=O) groups is 1. The number of benzene rings is 3. The molecule has 0 aromatic heterocycles. The van der Waals surface area contributed by atoms with Crippen molar-refractivity contribution in [2.75, 3.05) is 25.0 Å². The Morgan fingerprint density at radius 3 is 2.48 bits per heavy atom. The minimum Gasteiger partial charge on any atom is -0.497 e. The maximum absolute atomic E-state index is 15.8. The lowest BCUT2D eigenvalue weighted by Gasteiger charge is -2.24. The maximum atomic E-state index is 15.8. The Morgan fingerprint density at radius 2 is 1.87 bits per heavy atom. The van der Waals surface area contributed by atoms with Gasteiger partial charge in [0.2, 0.25) is 0 Å². The summed E-state index contributed by atoms with van der Waals surface area (Å²) in [5.74, 6) is -2.87. The first kappa shape index (κ1) is 19.6. The molecule has 0 saturated carbocycles. The Bertz CT molecular complexity index is 1290. The van der Waals surface area contributed by atoms with Gasteiger partial charge in [-0.25, -0.2) is 13.8 Å². The smallest absolute Gasteiger partial charge is 0.326 e. The number of hydrogen-bond acceptors (Lipinski definition) is 6. The molecular formula is C21H21FN2O6S. The number of anilines is 1. The molecule has 0 radical (unpaired) electrons. The summed E-state index contributed by atoms with van der Waals surface area (Å²) >= 11 is 0. The van der Waals surface area contributed by atoms with Crippen LogP contribution in [0.3, 0.4) is 0 Å². The van der Waals surface area contributed by atoms with Crippen LogP contribution < -0.4 is 18.9 Å². The number of esters is 1. The van der Waals surface area contributed by atoms with Gasteiger partial charge in [0, 0.05) is 5.39 Å². The molecule has 2 N–H and O–H groups in total. The van der Waals surface area contributed by atoms with Crippen molar-refractivity contribution in [3.8, 4) is 11.5 Å². The maximum Gasteiger partial charge on any atom is 0.326 e. The highest BCUT2D eigenvalue weighted by atomic mass is 32.2. The van der Waals surface area contributed by atoms with Crippen LogP contribution in [-0.2, 0) is 26.3 Å². The van der Waals surface area contributed by atoms with Crippen molar-refractivity contribution in [2.24, 2.45) is 5.14 Å². The fourth-order valence-corrected chi connectivity index (χ4v) is 3.46. The van der Waals surface area contributed by atoms with Crippen LogP contribution in [0.25, 0.3) is 10.8 Å². The van der Waals surface area contributed by atoms with Crippen molar-refractivity contribution in [3.05, 3.63) is 66.0 Å². The summed E-state index contributed by atoms with van der Waals surface area (Å²) in [7, 11) is -2.81. The fourth-order valence-electron chi connectivity index (χ4n) is 2.83. The van der Waals surface area contributed by atoms with E-state index in [2.05, 4.69) is 4.74 Å². The lowest BCUT2D eigenvalue weighted by atomic mass is 10.1. The molecule has 0 heterocycles. The lowest BCUT2D eigenvalue weighted by molar-refractivity contribution is -0.138. The molecule has 0 saturated heterocycles. The minimum absolute atomic E-state index is 0.103. The van der Waals surface area contributed by atoms with Crippen LogP contribution in [0.4, 0.5) is 10.1 Å². The van der Waals surface area contributed by atoms with Gasteiger partial charge in [0.25, 0.3) is 10.2 Å². The SMILES string of the molecule is [2H]C([2H])(C(=O)OC)N(c1c(OCc2ccccc2)cc2ccc(OC)cc2c1F)S(N)(=O)=O. The lowest BCUT2D eigenvalue weighted by Crippen LogP contribution is -2.41. The molecule has 10 heteroatoms. The van der Waals surface area contributed by atoms with Gasteiger partial charge in [0.1, 0.15) is 30.3 Å². The van der Waals surface area contributed by atoms with Crippen LogP contribution in [0.15, 0.2) is 54.6 Å². The van der Waals surface area contributed by atoms with Crippen LogP contribution in [0.5, 0.6) is 11.5 Å². The summed E-state index contributed by atoms with van der Waals surface area (Å²) in [5.41, 5.74) is -0.207. The standard InChI is InChI=1S/C21H21FN2O6S/c1-28-16-9-8-15-10-18(30-13-14-6-4-3-5-7-14)21(20(22)17(15)11-16)24(31(23,26)27)12-19(25)29-2/h3-11H,12-13H2,1-2H3,(H2,23,26,27)/i12D2. The van der Waals surface area contributed by atoms with Crippen molar-refractivity contribution in [1.82, 2.24) is 0 Å². The Balaban J connectivity index is 2.30. The van der Waals surface area contributed by atoms with Gasteiger partial charge in [0.15, 0.2) is 5.82 Å². The molecule has 3 aromatic carbocycles. The molecule has 8 nitrogen and oxygen atoms in total. The predicted molar refractivity (Wildman–Crippen MR) is 114 cm³/mol. The van der Waals surface area contributed by atoms with Gasteiger partial charge in [-0.2, -0.15) is 8.42 Å². The van der Waals surface area contributed by atoms with Crippen molar-refractivity contribution in [1.29, 1.82) is 0 Å². The number of fused-ring (bicyclic) bond motifs is 1. The number of rotatable bonds is 8. The highest BCUT2D eigenvalue weighted by Crippen LogP contribution is 2.39. The van der Waals surface area contributed by atoms with Crippen molar-refractivity contribution in [3.63, 3.8) is 0 Å². The second-order valence-corrected chi connectivity index (χ2v) is 7.71. The monoisotopic (exact) mass is 450 g/mol. The van der Waals surface area contributed by atoms with E-state index in [9.17, 15) is 13.2 Å². The van der Waals surface area contributed by atoms with Gasteiger partial charge in [-0.05, 0) is 29.1 Å². The number of halogens is 1. The fraction of sp³-hybridized carbons (Fsp3) is 0.190. The van der Waals surface area contributed by atoms with Gasteiger partial charge >= 0.3 is 5.97 Å². The second-order valence-electron chi connectivity index (χ2n) is 6.31. The summed E-state index contributed by atoms with van der Waals surface area (Å²) in [6, 6.07) is 14.4. The molecule has 0 aliphatic heterocycles. The van der Waals surface area contributed by atoms with Crippen molar-refractivity contribution >= 4 is 32.6 Å². The third kappa shape index (κ3) is 5.04. The molecule has 164 valence electrons. The molecular weight excluding hydrogens is 427 g/mol. The Labute approximate surface area is 181 Å². The molecule has 0 spiro atoms. The van der Waals surface area contributed by atoms with E-state index in [1.807, 2.05) is 0 Å². The number of nitrogens with two attached hydrogens (primary N) is 1. The number of hydrogen-bond donors (Lipinski definition) is 1. The van der Waals surface area contributed by atoms with E-state index in [0.29, 0.717) is 10.9 Å². The first-order valence-electron chi connectivity index (χ1n) is 9.89. The van der Waals surface area contributed by atoms with Gasteiger partial charge in [-0.1, -0.05) is 36.4 Å². The van der Waals surface area contributed by atoms with Crippen molar-refractivity contribution < 1.29 is 34.6 Å². The summed E-state index contributed by atoms with van der Waals surface area (Å²) in [4.78, 5) is 12.1. The molecule has 0 bridgehead atoms. The van der Waals surface area contributed by atoms with E-state index in [-0.39, 0.29) is 27.8 Å². The minimum atomic E-state index is -5.04. The van der Waals surface area contributed by atoms with Crippen LogP contribution >= 0.6 is 0 Å². The summed E-state index contributed by atoms with van der Waals surface area (Å²) in [6.07, 6.45) is 0. The van der Waals surface area contributed by atoms with E-state index in [4.69, 9.17) is 17.4 Å². The van der Waals surface area contributed by atoms with E-state index < -0.39 is 34.2 Å². The van der Waals surface area contributed by atoms with Crippen LogP contribution in [0.1, 0.15) is 8.30 Å². The van der Waals surface area contributed by atoms with Gasteiger partial charge < -0.3 is 14.2 Å². The number of methoxy groups -OCH3 is 2. The van der Waals surface area contributed by atoms with Gasteiger partial charge in [-0.3, -0.25) is 4.79 Å². The summed E-state index contributed by atoms with van der Waals surface area (Å²) in [5, 5.41) is 5.45. The first-order chi connectivity index (χ1) is 15.5. The van der Waals surface area contributed by atoms with E-state index in [1.165, 1.54) is 25.3 Å². The van der Waals surface area contributed by atoms with E-state index >= 15 is 4.39 Å². The molecule has 0 fully saturated rings. The van der Waals surface area contributed by atoms with Gasteiger partial charge in [-0.15, -0.1) is 0 Å². The molecule has 0 atom stereocenters. The van der Waals surface area contributed by atoms with E-state index in [1.54, 1.807) is 36.4 Å². The quantitative estimate of drug-likeness (QED) is 0.529. The zero-order chi connectivity index (χ0) is 24.4. The molecule has 0 amide bonds. The first-order valence-corrected chi connectivity index (χ1v) is 10.4. The molecule has 0 aliphatic carbocycles. The zero-order valence-corrected chi connectivity index (χ0v) is 17.5. The normalized spacial score (nSPS) is 12.6. The molecule has 3 rings (SSSR count). The molecule has 0 unspecified atom stereocenters. The Morgan fingerprint density at radius 1 is 1.16 bits per heavy atom. The highest BCUT2D eigenvalue weighted by molar-refractivity contribution is 7.90. The van der Waals surface area contributed by atoms with Crippen LogP contribution in [-0.4, -0.2) is 35.1 Å². The second kappa shape index (κ2) is 9.19. The van der Waals surface area contributed by atoms with Gasteiger partial charge in [0.05, 0.1) is 17.0 Å². The topological polar surface area (TPSA) is 108 Å². The number of ether oxygens (including phenoxy) is 3. The third-order valence-corrected chi connectivity index (χ3v) is 5.08. The molecule has 31 heavy (non-hydrogen) atoms. The largest absolute Gasteiger partial charge is 0.497 e. The highest BCUT2D eigenvalue weighted by Gasteiger charge is 2.30. The number of nitrogens with zero attached hydrogens (tertiary/aromatic N) is 1. The van der Waals surface area contributed by atoms with Crippen LogP contribution in [0.2, 0.25) is 0 Å². The van der Waals surface area contributed by atoms with Crippen molar-refractivity contribution in [2.45, 2.75) is 6.61 Å². The Hall–Kier alpha value is -3.37.